The van der Waals surface area contributed by atoms with Crippen molar-refractivity contribution >= 4 is 17.7 Å². The Morgan fingerprint density at radius 1 is 1.26 bits per heavy atom. The number of carbonyl (C=O) groups excluding carboxylic acids is 3. The highest BCUT2D eigenvalue weighted by molar-refractivity contribution is 5.98. The summed E-state index contributed by atoms with van der Waals surface area (Å²) < 4.78 is 0. The average Bonchev–Trinajstić information content (AvgIpc) is 2.72. The van der Waals surface area contributed by atoms with Crippen molar-refractivity contribution in [3.8, 4) is 0 Å². The van der Waals surface area contributed by atoms with Crippen LogP contribution in [0.15, 0.2) is 30.3 Å². The number of ketones is 1. The van der Waals surface area contributed by atoms with E-state index in [2.05, 4.69) is 0 Å². The fourth-order valence-corrected chi connectivity index (χ4v) is 2.23. The molecule has 5 nitrogen and oxygen atoms in total. The van der Waals surface area contributed by atoms with E-state index in [1.165, 1.54) is 0 Å². The van der Waals surface area contributed by atoms with Crippen molar-refractivity contribution in [2.24, 2.45) is 5.92 Å². The predicted molar refractivity (Wildman–Crippen MR) is 64.6 cm³/mol. The lowest BCUT2D eigenvalue weighted by Crippen LogP contribution is -2.30. The van der Waals surface area contributed by atoms with Gasteiger partial charge in [0, 0.05) is 37.8 Å². The Morgan fingerprint density at radius 2 is 1.95 bits per heavy atom. The Morgan fingerprint density at radius 3 is 2.58 bits per heavy atom. The van der Waals surface area contributed by atoms with E-state index in [9.17, 15) is 19.5 Å². The number of aliphatic carboxylic acids is 1. The molecular formula is C14H14NO4-. The van der Waals surface area contributed by atoms with Gasteiger partial charge in [-0.15, -0.1) is 0 Å². The van der Waals surface area contributed by atoms with E-state index in [0.717, 1.165) is 5.56 Å². The average molecular weight is 260 g/mol. The van der Waals surface area contributed by atoms with Crippen LogP contribution in [0.3, 0.4) is 0 Å². The quantitative estimate of drug-likeness (QED) is 0.684. The van der Waals surface area contributed by atoms with Crippen molar-refractivity contribution in [1.82, 2.24) is 4.90 Å². The Bertz CT molecular complexity index is 497. The smallest absolute Gasteiger partial charge is 0.223 e. The Hall–Kier alpha value is -2.17. The van der Waals surface area contributed by atoms with Crippen molar-refractivity contribution < 1.29 is 19.5 Å². The molecule has 1 heterocycles. The first-order chi connectivity index (χ1) is 9.06. The fraction of sp³-hybridized carbons (Fsp3) is 0.357. The number of rotatable bonds is 5. The van der Waals surface area contributed by atoms with Gasteiger partial charge in [0.25, 0.3) is 0 Å². The third-order valence-corrected chi connectivity index (χ3v) is 3.20. The Balaban J connectivity index is 1.96. The minimum atomic E-state index is -1.39. The highest BCUT2D eigenvalue weighted by Gasteiger charge is 2.33. The summed E-state index contributed by atoms with van der Waals surface area (Å²) in [4.78, 5) is 35.4. The maximum Gasteiger partial charge on any atom is 0.223 e. The number of hydrogen-bond donors (Lipinski definition) is 0. The Kier molecular flexibility index (Phi) is 3.94. The molecule has 1 aliphatic rings. The van der Waals surface area contributed by atoms with Crippen LogP contribution in [0.25, 0.3) is 0 Å². The largest absolute Gasteiger partial charge is 0.550 e. The second-order valence-corrected chi connectivity index (χ2v) is 4.68. The normalized spacial score (nSPS) is 18.6. The summed E-state index contributed by atoms with van der Waals surface area (Å²) in [6.45, 7) is 0.745. The molecule has 0 N–H and O–H groups in total. The molecule has 0 radical (unpaired) electrons. The number of hydrogen-bond acceptors (Lipinski definition) is 4. The number of nitrogens with zero attached hydrogens (tertiary/aromatic N) is 1. The number of likely N-dealkylation sites (tertiary alicyclic amines) is 1. The third-order valence-electron chi connectivity index (χ3n) is 3.20. The molecular weight excluding hydrogens is 246 g/mol. The molecule has 100 valence electrons. The first kappa shape index (κ1) is 13.3. The molecule has 0 aliphatic carbocycles. The zero-order chi connectivity index (χ0) is 13.8. The molecule has 1 atom stereocenters. The highest BCUT2D eigenvalue weighted by atomic mass is 16.4. The molecule has 0 bridgehead atoms. The maximum absolute atomic E-state index is 11.8. The zero-order valence-corrected chi connectivity index (χ0v) is 10.4. The molecule has 1 aromatic carbocycles. The lowest BCUT2D eigenvalue weighted by Gasteiger charge is -2.16. The summed E-state index contributed by atoms with van der Waals surface area (Å²) in [7, 11) is 0. The van der Waals surface area contributed by atoms with E-state index in [0.29, 0.717) is 13.1 Å². The van der Waals surface area contributed by atoms with E-state index in [4.69, 9.17) is 0 Å². The van der Waals surface area contributed by atoms with Crippen LogP contribution in [-0.4, -0.2) is 29.1 Å². The van der Waals surface area contributed by atoms with Crippen molar-refractivity contribution in [2.45, 2.75) is 19.4 Å². The second kappa shape index (κ2) is 5.65. The minimum absolute atomic E-state index is 0.0962. The van der Waals surface area contributed by atoms with Crippen molar-refractivity contribution in [3.05, 3.63) is 35.9 Å². The molecule has 2 rings (SSSR count). The first-order valence-electron chi connectivity index (χ1n) is 6.10. The zero-order valence-electron chi connectivity index (χ0n) is 10.4. The number of benzene rings is 1. The van der Waals surface area contributed by atoms with Crippen molar-refractivity contribution in [1.29, 1.82) is 0 Å². The van der Waals surface area contributed by atoms with Gasteiger partial charge in [0.05, 0.1) is 0 Å². The predicted octanol–water partition coefficient (Wildman–Crippen LogP) is -0.256. The van der Waals surface area contributed by atoms with Crippen LogP contribution >= 0.6 is 0 Å². The lowest BCUT2D eigenvalue weighted by molar-refractivity contribution is -0.304. The van der Waals surface area contributed by atoms with E-state index in [-0.39, 0.29) is 12.3 Å². The van der Waals surface area contributed by atoms with E-state index in [1.54, 1.807) is 4.90 Å². The number of Topliss-reactive ketones (excluding diaryl/α,β-unsaturated/α-hetero) is 1. The SMILES string of the molecule is O=C([O-])CC(=O)C1CC(=O)N(Cc2ccccc2)C1. The number of carboxylic acid groups (broad SMARTS) is 1. The fourth-order valence-electron chi connectivity index (χ4n) is 2.23. The van der Waals surface area contributed by atoms with E-state index in [1.807, 2.05) is 30.3 Å². The minimum Gasteiger partial charge on any atom is -0.550 e. The lowest BCUT2D eigenvalue weighted by atomic mass is 10.0. The van der Waals surface area contributed by atoms with Crippen LogP contribution in [0, 0.1) is 5.92 Å². The third kappa shape index (κ3) is 3.40. The van der Waals surface area contributed by atoms with Gasteiger partial charge in [-0.2, -0.15) is 0 Å². The molecule has 1 saturated heterocycles. The van der Waals surface area contributed by atoms with Crippen LogP contribution < -0.4 is 5.11 Å². The summed E-state index contributed by atoms with van der Waals surface area (Å²) in [5, 5.41) is 10.4. The van der Waals surface area contributed by atoms with Crippen LogP contribution in [0.5, 0.6) is 0 Å². The van der Waals surface area contributed by atoms with Gasteiger partial charge in [-0.3, -0.25) is 9.59 Å². The summed E-state index contributed by atoms with van der Waals surface area (Å²) in [5.74, 6) is -2.45. The number of carbonyl (C=O) groups is 3. The molecule has 1 aromatic rings. The molecule has 0 saturated carbocycles. The van der Waals surface area contributed by atoms with Gasteiger partial charge in [0.1, 0.15) is 5.78 Å². The van der Waals surface area contributed by atoms with Gasteiger partial charge < -0.3 is 14.8 Å². The molecule has 1 unspecified atom stereocenters. The molecule has 0 spiro atoms. The molecule has 1 aliphatic heterocycles. The molecule has 0 aromatic heterocycles. The molecule has 1 amide bonds. The topological polar surface area (TPSA) is 77.5 Å². The van der Waals surface area contributed by atoms with Gasteiger partial charge >= 0.3 is 0 Å². The van der Waals surface area contributed by atoms with E-state index < -0.39 is 24.1 Å². The number of amides is 1. The maximum atomic E-state index is 11.8. The van der Waals surface area contributed by atoms with Crippen LogP contribution in [0.1, 0.15) is 18.4 Å². The summed E-state index contributed by atoms with van der Waals surface area (Å²) in [5.41, 5.74) is 0.990. The van der Waals surface area contributed by atoms with Gasteiger partial charge in [-0.25, -0.2) is 0 Å². The monoisotopic (exact) mass is 260 g/mol. The van der Waals surface area contributed by atoms with Gasteiger partial charge in [-0.1, -0.05) is 30.3 Å². The van der Waals surface area contributed by atoms with Crippen LogP contribution in [-0.2, 0) is 20.9 Å². The molecule has 19 heavy (non-hydrogen) atoms. The van der Waals surface area contributed by atoms with Crippen LogP contribution in [0.4, 0.5) is 0 Å². The standard InChI is InChI=1S/C14H15NO4/c16-12(7-14(18)19)11-6-13(17)15(9-11)8-10-4-2-1-3-5-10/h1-5,11H,6-9H2,(H,18,19)/p-1. The molecule has 1 fully saturated rings. The first-order valence-corrected chi connectivity index (χ1v) is 6.10. The number of carboxylic acids is 1. The van der Waals surface area contributed by atoms with Gasteiger partial charge in [-0.05, 0) is 5.56 Å². The van der Waals surface area contributed by atoms with Crippen molar-refractivity contribution in [2.75, 3.05) is 6.54 Å². The van der Waals surface area contributed by atoms with Gasteiger partial charge in [0.15, 0.2) is 0 Å². The highest BCUT2D eigenvalue weighted by Crippen LogP contribution is 2.21. The summed E-state index contributed by atoms with van der Waals surface area (Å²) in [6.07, 6.45) is -0.518. The van der Waals surface area contributed by atoms with Crippen LogP contribution in [0.2, 0.25) is 0 Å². The van der Waals surface area contributed by atoms with Crippen molar-refractivity contribution in [3.63, 3.8) is 0 Å². The molecule has 5 heteroatoms. The van der Waals surface area contributed by atoms with Gasteiger partial charge in [0.2, 0.25) is 5.91 Å². The second-order valence-electron chi connectivity index (χ2n) is 4.68. The Labute approximate surface area is 110 Å². The summed E-state index contributed by atoms with van der Waals surface area (Å²) >= 11 is 0. The summed E-state index contributed by atoms with van der Waals surface area (Å²) in [6, 6.07) is 9.47. The van der Waals surface area contributed by atoms with E-state index >= 15 is 0 Å².